The van der Waals surface area contributed by atoms with Gasteiger partial charge in [0.05, 0.1) is 0 Å². The van der Waals surface area contributed by atoms with E-state index in [0.29, 0.717) is 11.5 Å². The van der Waals surface area contributed by atoms with Gasteiger partial charge < -0.3 is 15.5 Å². The van der Waals surface area contributed by atoms with Crippen molar-refractivity contribution in [3.63, 3.8) is 0 Å². The Bertz CT molecular complexity index is 489. The summed E-state index contributed by atoms with van der Waals surface area (Å²) in [5.41, 5.74) is 1.54. The summed E-state index contributed by atoms with van der Waals surface area (Å²) in [6, 6.07) is 3.65. The van der Waals surface area contributed by atoms with E-state index in [-0.39, 0.29) is 5.91 Å². The first-order chi connectivity index (χ1) is 10.1. The highest BCUT2D eigenvalue weighted by Gasteiger charge is 2.21. The molecule has 0 aliphatic carbocycles. The van der Waals surface area contributed by atoms with Crippen molar-refractivity contribution < 1.29 is 4.79 Å². The lowest BCUT2D eigenvalue weighted by Crippen LogP contribution is -2.31. The van der Waals surface area contributed by atoms with Crippen LogP contribution in [0, 0.1) is 12.8 Å². The van der Waals surface area contributed by atoms with Crippen molar-refractivity contribution in [3.05, 3.63) is 23.4 Å². The quantitative estimate of drug-likeness (QED) is 0.840. The van der Waals surface area contributed by atoms with Crippen LogP contribution in [0.2, 0.25) is 0 Å². The number of amides is 1. The van der Waals surface area contributed by atoms with Gasteiger partial charge in [0.1, 0.15) is 5.82 Å². The van der Waals surface area contributed by atoms with Crippen molar-refractivity contribution in [2.75, 3.05) is 38.0 Å². The van der Waals surface area contributed by atoms with Crippen LogP contribution in [0.4, 0.5) is 5.82 Å². The minimum absolute atomic E-state index is 0.00500. The Labute approximate surface area is 127 Å². The van der Waals surface area contributed by atoms with Gasteiger partial charge in [-0.2, -0.15) is 0 Å². The highest BCUT2D eigenvalue weighted by atomic mass is 16.1. The lowest BCUT2D eigenvalue weighted by atomic mass is 10.1. The van der Waals surface area contributed by atoms with Crippen LogP contribution in [0.15, 0.2) is 12.1 Å². The van der Waals surface area contributed by atoms with Gasteiger partial charge in [-0.05, 0) is 51.4 Å². The number of carbonyl (C=O) groups is 1. The van der Waals surface area contributed by atoms with Crippen LogP contribution >= 0.6 is 0 Å². The molecule has 5 nitrogen and oxygen atoms in total. The Hall–Kier alpha value is -1.62. The number of likely N-dealkylation sites (tertiary alicyclic amines) is 1. The molecule has 2 heterocycles. The number of nitrogens with zero attached hydrogens (tertiary/aromatic N) is 2. The number of aromatic nitrogens is 1. The standard InChI is InChI=1S/C16H26N4O/c1-4-17-15-9-14(8-12(3)19-15)16(21)18-10-13-6-7-20(5-2)11-13/h8-9,13H,4-7,10-11H2,1-3H3,(H,17,19)(H,18,21). The van der Waals surface area contributed by atoms with Gasteiger partial charge >= 0.3 is 0 Å². The third kappa shape index (κ3) is 4.43. The summed E-state index contributed by atoms with van der Waals surface area (Å²) in [6.45, 7) is 11.0. The molecule has 116 valence electrons. The average Bonchev–Trinajstić information content (AvgIpc) is 2.92. The van der Waals surface area contributed by atoms with Crippen molar-refractivity contribution in [3.8, 4) is 0 Å². The van der Waals surface area contributed by atoms with E-state index in [9.17, 15) is 4.79 Å². The lowest BCUT2D eigenvalue weighted by molar-refractivity contribution is 0.0947. The second-order valence-electron chi connectivity index (χ2n) is 5.67. The molecule has 0 spiro atoms. The molecule has 1 fully saturated rings. The molecule has 0 saturated carbocycles. The van der Waals surface area contributed by atoms with E-state index in [0.717, 1.165) is 44.2 Å². The number of nitrogens with one attached hydrogen (secondary N) is 2. The number of aryl methyl sites for hydroxylation is 1. The molecule has 1 aromatic heterocycles. The van der Waals surface area contributed by atoms with Gasteiger partial charge in [-0.1, -0.05) is 6.92 Å². The molecular weight excluding hydrogens is 264 g/mol. The van der Waals surface area contributed by atoms with E-state index in [1.165, 1.54) is 6.42 Å². The molecule has 0 aromatic carbocycles. The Morgan fingerprint density at radius 2 is 2.24 bits per heavy atom. The maximum absolute atomic E-state index is 12.3. The largest absolute Gasteiger partial charge is 0.370 e. The summed E-state index contributed by atoms with van der Waals surface area (Å²) in [5.74, 6) is 1.33. The van der Waals surface area contributed by atoms with Gasteiger partial charge in [-0.15, -0.1) is 0 Å². The maximum Gasteiger partial charge on any atom is 0.251 e. The second-order valence-corrected chi connectivity index (χ2v) is 5.67. The van der Waals surface area contributed by atoms with Crippen LogP contribution in [0.3, 0.4) is 0 Å². The summed E-state index contributed by atoms with van der Waals surface area (Å²) < 4.78 is 0. The van der Waals surface area contributed by atoms with Crippen LogP contribution in [-0.2, 0) is 0 Å². The topological polar surface area (TPSA) is 57.3 Å². The van der Waals surface area contributed by atoms with E-state index in [1.54, 1.807) is 0 Å². The Morgan fingerprint density at radius 1 is 1.43 bits per heavy atom. The number of carbonyl (C=O) groups excluding carboxylic acids is 1. The molecule has 5 heteroatoms. The van der Waals surface area contributed by atoms with Gasteiger partial charge in [0.15, 0.2) is 0 Å². The highest BCUT2D eigenvalue weighted by molar-refractivity contribution is 5.95. The molecule has 21 heavy (non-hydrogen) atoms. The van der Waals surface area contributed by atoms with Gasteiger partial charge in [0.25, 0.3) is 5.91 Å². The summed E-state index contributed by atoms with van der Waals surface area (Å²) >= 11 is 0. The molecule has 1 aromatic rings. The van der Waals surface area contributed by atoms with Crippen molar-refractivity contribution in [2.24, 2.45) is 5.92 Å². The summed E-state index contributed by atoms with van der Waals surface area (Å²) in [7, 11) is 0. The molecular formula is C16H26N4O. The molecule has 2 rings (SSSR count). The van der Waals surface area contributed by atoms with Crippen LogP contribution in [0.25, 0.3) is 0 Å². The van der Waals surface area contributed by atoms with Crippen LogP contribution in [0.1, 0.15) is 36.3 Å². The first-order valence-corrected chi connectivity index (χ1v) is 7.85. The third-order valence-corrected chi connectivity index (χ3v) is 3.94. The highest BCUT2D eigenvalue weighted by Crippen LogP contribution is 2.15. The Morgan fingerprint density at radius 3 is 2.90 bits per heavy atom. The average molecular weight is 290 g/mol. The van der Waals surface area contributed by atoms with Crippen LogP contribution in [0.5, 0.6) is 0 Å². The van der Waals surface area contributed by atoms with Gasteiger partial charge in [-0.25, -0.2) is 4.98 Å². The number of rotatable bonds is 6. The first-order valence-electron chi connectivity index (χ1n) is 7.85. The third-order valence-electron chi connectivity index (χ3n) is 3.94. The fourth-order valence-electron chi connectivity index (χ4n) is 2.78. The molecule has 1 atom stereocenters. The van der Waals surface area contributed by atoms with Crippen molar-refractivity contribution in [1.82, 2.24) is 15.2 Å². The van der Waals surface area contributed by atoms with E-state index in [2.05, 4.69) is 27.4 Å². The Kier molecular flexibility index (Phi) is 5.56. The molecule has 2 N–H and O–H groups in total. The number of pyridine rings is 1. The molecule has 0 bridgehead atoms. The van der Waals surface area contributed by atoms with Crippen molar-refractivity contribution in [2.45, 2.75) is 27.2 Å². The monoisotopic (exact) mass is 290 g/mol. The number of anilines is 1. The van der Waals surface area contributed by atoms with E-state index in [1.807, 2.05) is 26.0 Å². The minimum Gasteiger partial charge on any atom is -0.370 e. The predicted octanol–water partition coefficient (Wildman–Crippen LogP) is 1.89. The molecule has 0 radical (unpaired) electrons. The van der Waals surface area contributed by atoms with E-state index in [4.69, 9.17) is 0 Å². The van der Waals surface area contributed by atoms with E-state index >= 15 is 0 Å². The fraction of sp³-hybridized carbons (Fsp3) is 0.625. The fourth-order valence-corrected chi connectivity index (χ4v) is 2.78. The first kappa shape index (κ1) is 15.8. The molecule has 1 aliphatic heterocycles. The summed E-state index contributed by atoms with van der Waals surface area (Å²) in [6.07, 6.45) is 1.17. The Balaban J connectivity index is 1.91. The normalized spacial score (nSPS) is 18.7. The maximum atomic E-state index is 12.3. The number of hydrogen-bond acceptors (Lipinski definition) is 4. The van der Waals surface area contributed by atoms with Gasteiger partial charge in [-0.3, -0.25) is 4.79 Å². The zero-order valence-electron chi connectivity index (χ0n) is 13.3. The van der Waals surface area contributed by atoms with Gasteiger partial charge in [0.2, 0.25) is 0 Å². The van der Waals surface area contributed by atoms with Crippen LogP contribution < -0.4 is 10.6 Å². The summed E-state index contributed by atoms with van der Waals surface area (Å²) in [5, 5.41) is 6.22. The minimum atomic E-state index is -0.00500. The lowest BCUT2D eigenvalue weighted by Gasteiger charge is -2.14. The zero-order valence-corrected chi connectivity index (χ0v) is 13.3. The molecule has 1 amide bonds. The van der Waals surface area contributed by atoms with Crippen LogP contribution in [-0.4, -0.2) is 48.5 Å². The van der Waals surface area contributed by atoms with Gasteiger partial charge in [0, 0.05) is 30.9 Å². The van der Waals surface area contributed by atoms with E-state index < -0.39 is 0 Å². The van der Waals surface area contributed by atoms with Crippen molar-refractivity contribution in [1.29, 1.82) is 0 Å². The second kappa shape index (κ2) is 7.41. The zero-order chi connectivity index (χ0) is 15.2. The van der Waals surface area contributed by atoms with Crippen molar-refractivity contribution >= 4 is 11.7 Å². The summed E-state index contributed by atoms with van der Waals surface area (Å²) in [4.78, 5) is 19.1. The predicted molar refractivity (Wildman–Crippen MR) is 85.7 cm³/mol. The SMILES string of the molecule is CCNc1cc(C(=O)NCC2CCN(CC)C2)cc(C)n1. The molecule has 1 saturated heterocycles. The smallest absolute Gasteiger partial charge is 0.251 e. The molecule has 1 unspecified atom stereocenters. The number of hydrogen-bond donors (Lipinski definition) is 2. The molecule has 1 aliphatic rings.